The molecule has 0 saturated carbocycles. The van der Waals surface area contributed by atoms with Crippen LogP contribution in [0.3, 0.4) is 0 Å². The van der Waals surface area contributed by atoms with E-state index in [1.54, 1.807) is 19.5 Å². The van der Waals surface area contributed by atoms with Crippen LogP contribution in [0.25, 0.3) is 0 Å². The number of aromatic nitrogens is 1. The van der Waals surface area contributed by atoms with E-state index in [9.17, 15) is 5.11 Å². The fourth-order valence-electron chi connectivity index (χ4n) is 3.44. The first-order valence-corrected chi connectivity index (χ1v) is 8.78. The van der Waals surface area contributed by atoms with Crippen molar-refractivity contribution in [2.75, 3.05) is 26.8 Å². The van der Waals surface area contributed by atoms with Gasteiger partial charge in [0.25, 0.3) is 0 Å². The fraction of sp³-hybridized carbons (Fsp3) is 0.450. The molecule has 1 aliphatic rings. The lowest BCUT2D eigenvalue weighted by Gasteiger charge is -2.17. The van der Waals surface area contributed by atoms with Gasteiger partial charge in [0.1, 0.15) is 0 Å². The molecule has 1 N–H and O–H groups in total. The van der Waals surface area contributed by atoms with Crippen LogP contribution in [0.15, 0.2) is 42.7 Å². The molecule has 1 aromatic carbocycles. The Morgan fingerprint density at radius 1 is 1.12 bits per heavy atom. The molecule has 134 valence electrons. The molecule has 5 heteroatoms. The third kappa shape index (κ3) is 4.50. The minimum absolute atomic E-state index is 0.256. The molecule has 2 heterocycles. The zero-order valence-corrected chi connectivity index (χ0v) is 14.9. The van der Waals surface area contributed by atoms with Crippen LogP contribution in [0, 0.1) is 5.92 Å². The number of β-amino-alcohol motifs (C(OH)–C–C–N with tert-alkyl or cyclic N) is 1. The summed E-state index contributed by atoms with van der Waals surface area (Å²) >= 11 is 0. The Morgan fingerprint density at radius 2 is 1.92 bits per heavy atom. The predicted octanol–water partition coefficient (Wildman–Crippen LogP) is 2.52. The first kappa shape index (κ1) is 17.7. The normalized spacial score (nSPS) is 20.6. The van der Waals surface area contributed by atoms with Crippen LogP contribution >= 0.6 is 0 Å². The zero-order valence-electron chi connectivity index (χ0n) is 14.9. The molecule has 0 spiro atoms. The average Bonchev–Trinajstić information content (AvgIpc) is 2.96. The van der Waals surface area contributed by atoms with E-state index in [1.165, 1.54) is 5.56 Å². The number of hydrogen-bond acceptors (Lipinski definition) is 5. The second-order valence-electron chi connectivity index (χ2n) is 6.50. The summed E-state index contributed by atoms with van der Waals surface area (Å²) in [6.07, 6.45) is 4.20. The van der Waals surface area contributed by atoms with E-state index in [2.05, 4.69) is 16.0 Å². The zero-order chi connectivity index (χ0) is 17.6. The second-order valence-corrected chi connectivity index (χ2v) is 6.50. The van der Waals surface area contributed by atoms with Gasteiger partial charge in [0, 0.05) is 37.9 Å². The quantitative estimate of drug-likeness (QED) is 0.838. The van der Waals surface area contributed by atoms with E-state index in [0.29, 0.717) is 13.2 Å². The van der Waals surface area contributed by atoms with E-state index in [1.807, 2.05) is 31.2 Å². The first-order chi connectivity index (χ1) is 12.2. The van der Waals surface area contributed by atoms with Crippen LogP contribution in [-0.4, -0.2) is 47.9 Å². The van der Waals surface area contributed by atoms with Gasteiger partial charge in [0.15, 0.2) is 11.5 Å². The van der Waals surface area contributed by atoms with Gasteiger partial charge in [-0.05, 0) is 48.7 Å². The molecule has 0 radical (unpaired) electrons. The lowest BCUT2D eigenvalue weighted by atomic mass is 9.97. The summed E-state index contributed by atoms with van der Waals surface area (Å²) in [7, 11) is 1.66. The van der Waals surface area contributed by atoms with E-state index < -0.39 is 0 Å². The highest BCUT2D eigenvalue weighted by atomic mass is 16.5. The molecule has 0 unspecified atom stereocenters. The Bertz CT molecular complexity index is 678. The van der Waals surface area contributed by atoms with Crippen LogP contribution in [0.1, 0.15) is 18.1 Å². The van der Waals surface area contributed by atoms with Crippen molar-refractivity contribution in [2.45, 2.75) is 26.0 Å². The van der Waals surface area contributed by atoms with Crippen molar-refractivity contribution in [2.24, 2.45) is 5.92 Å². The Morgan fingerprint density at radius 3 is 2.64 bits per heavy atom. The van der Waals surface area contributed by atoms with E-state index in [-0.39, 0.29) is 12.0 Å². The van der Waals surface area contributed by atoms with Gasteiger partial charge in [-0.3, -0.25) is 9.88 Å². The molecule has 5 nitrogen and oxygen atoms in total. The van der Waals surface area contributed by atoms with Crippen molar-refractivity contribution in [3.8, 4) is 11.5 Å². The first-order valence-electron chi connectivity index (χ1n) is 8.78. The number of pyridine rings is 1. The van der Waals surface area contributed by atoms with Crippen LogP contribution in [0.2, 0.25) is 0 Å². The summed E-state index contributed by atoms with van der Waals surface area (Å²) < 4.78 is 11.0. The average molecular weight is 342 g/mol. The van der Waals surface area contributed by atoms with E-state index >= 15 is 0 Å². The lowest BCUT2D eigenvalue weighted by Crippen LogP contribution is -2.21. The molecule has 0 amide bonds. The van der Waals surface area contributed by atoms with Crippen molar-refractivity contribution in [1.82, 2.24) is 9.88 Å². The Labute approximate surface area is 149 Å². The predicted molar refractivity (Wildman–Crippen MR) is 96.9 cm³/mol. The number of methoxy groups -OCH3 is 1. The van der Waals surface area contributed by atoms with Gasteiger partial charge in [-0.15, -0.1) is 0 Å². The highest BCUT2D eigenvalue weighted by molar-refractivity contribution is 5.43. The Balaban J connectivity index is 1.62. The lowest BCUT2D eigenvalue weighted by molar-refractivity contribution is 0.141. The van der Waals surface area contributed by atoms with Crippen molar-refractivity contribution in [3.63, 3.8) is 0 Å². The maximum Gasteiger partial charge on any atom is 0.161 e. The molecule has 0 aliphatic carbocycles. The number of rotatable bonds is 7. The van der Waals surface area contributed by atoms with Gasteiger partial charge in [-0.2, -0.15) is 0 Å². The summed E-state index contributed by atoms with van der Waals surface area (Å²) in [5.74, 6) is 1.78. The summed E-state index contributed by atoms with van der Waals surface area (Å²) in [6, 6.07) is 10.1. The van der Waals surface area contributed by atoms with E-state index in [0.717, 1.165) is 36.6 Å². The van der Waals surface area contributed by atoms with Crippen molar-refractivity contribution in [1.29, 1.82) is 0 Å². The van der Waals surface area contributed by atoms with E-state index in [4.69, 9.17) is 9.47 Å². The molecule has 25 heavy (non-hydrogen) atoms. The number of aliphatic hydroxyl groups is 1. The van der Waals surface area contributed by atoms with Gasteiger partial charge >= 0.3 is 0 Å². The number of nitrogens with zero attached hydrogens (tertiary/aromatic N) is 2. The molecular weight excluding hydrogens is 316 g/mol. The van der Waals surface area contributed by atoms with Crippen LogP contribution in [0.4, 0.5) is 0 Å². The van der Waals surface area contributed by atoms with Gasteiger partial charge in [0.2, 0.25) is 0 Å². The number of aliphatic hydroxyl groups excluding tert-OH is 1. The Hall–Kier alpha value is -2.11. The monoisotopic (exact) mass is 342 g/mol. The molecule has 0 bridgehead atoms. The number of benzene rings is 1. The van der Waals surface area contributed by atoms with Gasteiger partial charge in [0.05, 0.1) is 19.8 Å². The molecule has 1 saturated heterocycles. The van der Waals surface area contributed by atoms with Crippen LogP contribution in [-0.2, 0) is 13.0 Å². The van der Waals surface area contributed by atoms with Crippen LogP contribution in [0.5, 0.6) is 11.5 Å². The third-order valence-corrected chi connectivity index (χ3v) is 4.66. The highest BCUT2D eigenvalue weighted by Gasteiger charge is 2.31. The largest absolute Gasteiger partial charge is 0.493 e. The fourth-order valence-corrected chi connectivity index (χ4v) is 3.44. The summed E-state index contributed by atoms with van der Waals surface area (Å²) in [5, 5.41) is 10.4. The van der Waals surface area contributed by atoms with Crippen molar-refractivity contribution < 1.29 is 14.6 Å². The number of likely N-dealkylation sites (tertiary alicyclic amines) is 1. The number of hydrogen-bond donors (Lipinski definition) is 1. The summed E-state index contributed by atoms with van der Waals surface area (Å²) in [5.41, 5.74) is 2.39. The SMILES string of the molecule is CCOc1ccc(CN2C[C@@H](Cc3ccncc3)[C@@H](O)C2)cc1OC. The molecule has 1 aromatic heterocycles. The smallest absolute Gasteiger partial charge is 0.161 e. The maximum absolute atomic E-state index is 10.4. The van der Waals surface area contributed by atoms with Crippen molar-refractivity contribution in [3.05, 3.63) is 53.9 Å². The molecule has 1 aliphatic heterocycles. The topological polar surface area (TPSA) is 54.8 Å². The van der Waals surface area contributed by atoms with Gasteiger partial charge in [-0.1, -0.05) is 6.07 Å². The second kappa shape index (κ2) is 8.32. The summed E-state index contributed by atoms with van der Waals surface area (Å²) in [4.78, 5) is 6.35. The molecule has 3 rings (SSSR count). The number of ether oxygens (including phenoxy) is 2. The van der Waals surface area contributed by atoms with Crippen LogP contribution < -0.4 is 9.47 Å². The molecule has 2 aromatic rings. The highest BCUT2D eigenvalue weighted by Crippen LogP contribution is 2.30. The third-order valence-electron chi connectivity index (χ3n) is 4.66. The Kier molecular flexibility index (Phi) is 5.89. The minimum atomic E-state index is -0.294. The van der Waals surface area contributed by atoms with Gasteiger partial charge in [-0.25, -0.2) is 0 Å². The molecular formula is C20H26N2O3. The standard InChI is InChI=1S/C20H26N2O3/c1-3-25-19-5-4-16(11-20(19)24-2)12-22-13-17(18(23)14-22)10-15-6-8-21-9-7-15/h4-9,11,17-18,23H,3,10,12-14H2,1-2H3/t17-,18+/m1/s1. The summed E-state index contributed by atoms with van der Waals surface area (Å²) in [6.45, 7) is 4.96. The molecule has 1 fully saturated rings. The minimum Gasteiger partial charge on any atom is -0.493 e. The molecule has 2 atom stereocenters. The maximum atomic E-state index is 10.4. The van der Waals surface area contributed by atoms with Gasteiger partial charge < -0.3 is 14.6 Å². The van der Waals surface area contributed by atoms with Crippen molar-refractivity contribution >= 4 is 0 Å².